The summed E-state index contributed by atoms with van der Waals surface area (Å²) < 4.78 is 4.91. The van der Waals surface area contributed by atoms with Gasteiger partial charge < -0.3 is 10.5 Å². The highest BCUT2D eigenvalue weighted by atomic mass is 16.5. The van der Waals surface area contributed by atoms with Crippen molar-refractivity contribution in [1.82, 2.24) is 4.98 Å². The molecule has 0 aliphatic carbocycles. The molecule has 1 heterocycles. The summed E-state index contributed by atoms with van der Waals surface area (Å²) in [4.78, 5) is 14.6. The minimum absolute atomic E-state index is 0.213. The molecule has 4 heteroatoms. The van der Waals surface area contributed by atoms with Gasteiger partial charge >= 0.3 is 5.97 Å². The molecule has 0 bridgehead atoms. The second kappa shape index (κ2) is 4.45. The third kappa shape index (κ3) is 3.11. The molecule has 0 unspecified atom stereocenters. The van der Waals surface area contributed by atoms with E-state index in [4.69, 9.17) is 10.5 Å². The molecular weight excluding hydrogens is 168 g/mol. The summed E-state index contributed by atoms with van der Waals surface area (Å²) in [6.07, 6.45) is 1.98. The maximum atomic E-state index is 10.8. The van der Waals surface area contributed by atoms with E-state index in [9.17, 15) is 4.79 Å². The number of anilines is 1. The van der Waals surface area contributed by atoms with Crippen molar-refractivity contribution >= 4 is 11.8 Å². The van der Waals surface area contributed by atoms with Gasteiger partial charge in [-0.3, -0.25) is 4.79 Å². The molecule has 2 N–H and O–H groups in total. The van der Waals surface area contributed by atoms with Crippen molar-refractivity contribution in [1.29, 1.82) is 0 Å². The zero-order chi connectivity index (χ0) is 9.68. The molecule has 0 atom stereocenters. The standard InChI is InChI=1S/C9H12N2O2/c1-2-9(12)13-6-7-3-4-11-8(10)5-7/h3-5H,2,6H2,1H3,(H2,10,11). The predicted octanol–water partition coefficient (Wildman–Crippen LogP) is 1.12. The van der Waals surface area contributed by atoms with Gasteiger partial charge in [0, 0.05) is 12.6 Å². The molecule has 0 amide bonds. The van der Waals surface area contributed by atoms with Crippen LogP contribution in [0.15, 0.2) is 18.3 Å². The molecule has 0 radical (unpaired) electrons. The molecule has 0 saturated heterocycles. The zero-order valence-corrected chi connectivity index (χ0v) is 7.49. The van der Waals surface area contributed by atoms with Crippen molar-refractivity contribution in [3.63, 3.8) is 0 Å². The number of aromatic nitrogens is 1. The van der Waals surface area contributed by atoms with E-state index >= 15 is 0 Å². The first-order valence-electron chi connectivity index (χ1n) is 4.08. The largest absolute Gasteiger partial charge is 0.461 e. The van der Waals surface area contributed by atoms with Gasteiger partial charge in [-0.1, -0.05) is 6.92 Å². The van der Waals surface area contributed by atoms with Crippen molar-refractivity contribution in [2.24, 2.45) is 0 Å². The van der Waals surface area contributed by atoms with Gasteiger partial charge in [-0.15, -0.1) is 0 Å². The fourth-order valence-electron chi connectivity index (χ4n) is 0.850. The van der Waals surface area contributed by atoms with Crippen molar-refractivity contribution in [3.05, 3.63) is 23.9 Å². The van der Waals surface area contributed by atoms with E-state index in [1.165, 1.54) is 0 Å². The Hall–Kier alpha value is -1.58. The molecule has 0 aliphatic rings. The lowest BCUT2D eigenvalue weighted by atomic mass is 10.3. The van der Waals surface area contributed by atoms with Gasteiger partial charge in [-0.05, 0) is 17.7 Å². The Kier molecular flexibility index (Phi) is 3.25. The zero-order valence-electron chi connectivity index (χ0n) is 7.49. The van der Waals surface area contributed by atoms with Crippen LogP contribution < -0.4 is 5.73 Å². The highest BCUT2D eigenvalue weighted by molar-refractivity contribution is 5.68. The molecule has 0 fully saturated rings. The smallest absolute Gasteiger partial charge is 0.305 e. The van der Waals surface area contributed by atoms with Crippen LogP contribution >= 0.6 is 0 Å². The summed E-state index contributed by atoms with van der Waals surface area (Å²) >= 11 is 0. The number of carbonyl (C=O) groups is 1. The number of rotatable bonds is 3. The Balaban J connectivity index is 2.50. The third-order valence-electron chi connectivity index (χ3n) is 1.53. The summed E-state index contributed by atoms with van der Waals surface area (Å²) in [5.41, 5.74) is 6.30. The Labute approximate surface area is 76.7 Å². The van der Waals surface area contributed by atoms with Crippen LogP contribution in [0.2, 0.25) is 0 Å². The van der Waals surface area contributed by atoms with Gasteiger partial charge in [0.15, 0.2) is 0 Å². The first kappa shape index (κ1) is 9.51. The van der Waals surface area contributed by atoms with Crippen LogP contribution in [0.4, 0.5) is 5.82 Å². The number of nitrogen functional groups attached to an aromatic ring is 1. The van der Waals surface area contributed by atoms with Crippen LogP contribution in [0.1, 0.15) is 18.9 Å². The van der Waals surface area contributed by atoms with Crippen LogP contribution in [0.25, 0.3) is 0 Å². The Bertz CT molecular complexity index is 299. The molecular formula is C9H12N2O2. The minimum Gasteiger partial charge on any atom is -0.461 e. The quantitative estimate of drug-likeness (QED) is 0.708. The van der Waals surface area contributed by atoms with E-state index in [2.05, 4.69) is 4.98 Å². The summed E-state index contributed by atoms with van der Waals surface area (Å²) in [6, 6.07) is 3.45. The van der Waals surface area contributed by atoms with E-state index < -0.39 is 0 Å². The average molecular weight is 180 g/mol. The first-order valence-corrected chi connectivity index (χ1v) is 4.08. The highest BCUT2D eigenvalue weighted by Crippen LogP contribution is 2.04. The van der Waals surface area contributed by atoms with E-state index in [-0.39, 0.29) is 12.6 Å². The number of carbonyl (C=O) groups excluding carboxylic acids is 1. The maximum absolute atomic E-state index is 10.8. The van der Waals surface area contributed by atoms with Crippen LogP contribution in [0.5, 0.6) is 0 Å². The van der Waals surface area contributed by atoms with Crippen LogP contribution in [-0.4, -0.2) is 11.0 Å². The van der Waals surface area contributed by atoms with Gasteiger partial charge in [0.05, 0.1) is 0 Å². The molecule has 1 rings (SSSR count). The maximum Gasteiger partial charge on any atom is 0.305 e. The number of hydrogen-bond acceptors (Lipinski definition) is 4. The van der Waals surface area contributed by atoms with Gasteiger partial charge in [0.25, 0.3) is 0 Å². The highest BCUT2D eigenvalue weighted by Gasteiger charge is 1.99. The number of esters is 1. The number of ether oxygens (including phenoxy) is 1. The van der Waals surface area contributed by atoms with Crippen LogP contribution in [0, 0.1) is 0 Å². The monoisotopic (exact) mass is 180 g/mol. The van der Waals surface area contributed by atoms with Gasteiger partial charge in [-0.25, -0.2) is 4.98 Å². The Morgan fingerprint density at radius 1 is 1.69 bits per heavy atom. The van der Waals surface area contributed by atoms with Crippen molar-refractivity contribution < 1.29 is 9.53 Å². The third-order valence-corrected chi connectivity index (χ3v) is 1.53. The molecule has 4 nitrogen and oxygen atoms in total. The SMILES string of the molecule is CCC(=O)OCc1ccnc(N)c1. The summed E-state index contributed by atoms with van der Waals surface area (Å²) in [5.74, 6) is 0.223. The molecule has 70 valence electrons. The lowest BCUT2D eigenvalue weighted by Crippen LogP contribution is -2.02. The van der Waals surface area contributed by atoms with Crippen LogP contribution in [-0.2, 0) is 16.1 Å². The fourth-order valence-corrected chi connectivity index (χ4v) is 0.850. The summed E-state index contributed by atoms with van der Waals surface area (Å²) in [5, 5.41) is 0. The summed E-state index contributed by atoms with van der Waals surface area (Å²) in [6.45, 7) is 2.02. The van der Waals surface area contributed by atoms with Crippen molar-refractivity contribution in [2.45, 2.75) is 20.0 Å². The minimum atomic E-state index is -0.213. The van der Waals surface area contributed by atoms with Crippen molar-refractivity contribution in [2.75, 3.05) is 5.73 Å². The van der Waals surface area contributed by atoms with Gasteiger partial charge in [0.2, 0.25) is 0 Å². The number of pyridine rings is 1. The molecule has 13 heavy (non-hydrogen) atoms. The van der Waals surface area contributed by atoms with E-state index in [0.717, 1.165) is 5.56 Å². The van der Waals surface area contributed by atoms with Gasteiger partial charge in [-0.2, -0.15) is 0 Å². The second-order valence-corrected chi connectivity index (χ2v) is 2.60. The molecule has 0 saturated carbocycles. The lowest BCUT2D eigenvalue weighted by molar-refractivity contribution is -0.144. The normalized spacial score (nSPS) is 9.62. The predicted molar refractivity (Wildman–Crippen MR) is 48.7 cm³/mol. The molecule has 1 aromatic rings. The lowest BCUT2D eigenvalue weighted by Gasteiger charge is -2.03. The first-order chi connectivity index (χ1) is 6.22. The van der Waals surface area contributed by atoms with E-state index in [0.29, 0.717) is 12.2 Å². The molecule has 0 aromatic carbocycles. The fraction of sp³-hybridized carbons (Fsp3) is 0.333. The van der Waals surface area contributed by atoms with Gasteiger partial charge in [0.1, 0.15) is 12.4 Å². The topological polar surface area (TPSA) is 65.2 Å². The number of nitrogens with zero attached hydrogens (tertiary/aromatic N) is 1. The van der Waals surface area contributed by atoms with Crippen molar-refractivity contribution in [3.8, 4) is 0 Å². The second-order valence-electron chi connectivity index (χ2n) is 2.60. The van der Waals surface area contributed by atoms with E-state index in [1.807, 2.05) is 0 Å². The summed E-state index contributed by atoms with van der Waals surface area (Å²) in [7, 11) is 0. The Morgan fingerprint density at radius 3 is 3.08 bits per heavy atom. The average Bonchev–Trinajstić information content (AvgIpc) is 2.14. The molecule has 1 aromatic heterocycles. The molecule has 0 spiro atoms. The van der Waals surface area contributed by atoms with E-state index in [1.54, 1.807) is 25.3 Å². The number of hydrogen-bond donors (Lipinski definition) is 1. The van der Waals surface area contributed by atoms with Crippen LogP contribution in [0.3, 0.4) is 0 Å². The Morgan fingerprint density at radius 2 is 2.46 bits per heavy atom. The number of nitrogens with two attached hydrogens (primary N) is 1. The molecule has 0 aliphatic heterocycles.